The van der Waals surface area contributed by atoms with E-state index in [0.717, 1.165) is 120 Å². The largest absolute Gasteiger partial charge is 0.472 e. The van der Waals surface area contributed by atoms with Gasteiger partial charge in [0.25, 0.3) is 0 Å². The molecule has 17 nitrogen and oxygen atoms in total. The number of aliphatic hydroxyl groups is 1. The number of allylic oxidation sites excluding steroid dienone is 4. The molecular formula is C76H144O17P2. The third-order valence-electron chi connectivity index (χ3n) is 17.4. The number of unbranched alkanes of at least 4 members (excludes halogenated alkanes) is 36. The average Bonchev–Trinajstić information content (AvgIpc) is 1.76. The number of carbonyl (C=O) groups is 4. The van der Waals surface area contributed by atoms with Crippen molar-refractivity contribution < 1.29 is 80.2 Å². The average molecular weight is 1390 g/mol. The molecule has 3 unspecified atom stereocenters. The Bertz CT molecular complexity index is 1950. The summed E-state index contributed by atoms with van der Waals surface area (Å²) in [6, 6.07) is 0. The third-order valence-corrected chi connectivity index (χ3v) is 19.3. The zero-order valence-corrected chi connectivity index (χ0v) is 63.4. The Labute approximate surface area is 580 Å². The van der Waals surface area contributed by atoms with E-state index in [1.165, 1.54) is 161 Å². The molecule has 0 amide bonds. The molecule has 0 aliphatic rings. The fourth-order valence-corrected chi connectivity index (χ4v) is 12.6. The summed E-state index contributed by atoms with van der Waals surface area (Å²) >= 11 is 0. The summed E-state index contributed by atoms with van der Waals surface area (Å²) in [6.45, 7) is 11.8. The molecule has 0 heterocycles. The van der Waals surface area contributed by atoms with Crippen LogP contribution in [-0.2, 0) is 65.4 Å². The van der Waals surface area contributed by atoms with Crippen molar-refractivity contribution in [3.8, 4) is 0 Å². The van der Waals surface area contributed by atoms with Gasteiger partial charge in [0, 0.05) is 25.7 Å². The second-order valence-corrected chi connectivity index (χ2v) is 30.8. The minimum atomic E-state index is -4.97. The van der Waals surface area contributed by atoms with Crippen LogP contribution in [0.2, 0.25) is 0 Å². The standard InChI is InChI=1S/C76H144O17P2/c1-8-10-11-12-13-14-15-16-17-18-23-29-38-45-52-59-75(80)92-71(63-86-73(78)57-50-43-36-28-24-19-21-26-33-40-47-54-67(3)4)65-90-94(82,83)88-61-70(77)62-89-95(84,85)91-66-72(64-87-74(79)58-51-44-37-32-31-35-42-49-56-69(7)9-2)93-76(81)60-53-46-39-30-25-20-22-27-34-41-48-55-68(5)6/h14-17,67-72,77H,8-13,18-66H2,1-7H3,(H,82,83)(H,84,85)/b15-14-,17-16-/t69?,70-,71-,72-/m1/s1. The first-order chi connectivity index (χ1) is 45.8. The van der Waals surface area contributed by atoms with Crippen molar-refractivity contribution >= 4 is 39.5 Å². The van der Waals surface area contributed by atoms with Gasteiger partial charge in [-0.25, -0.2) is 9.13 Å². The number of rotatable bonds is 72. The molecule has 0 rings (SSSR count). The lowest BCUT2D eigenvalue weighted by Crippen LogP contribution is -2.30. The quantitative estimate of drug-likeness (QED) is 0.0169. The molecule has 0 radical (unpaired) electrons. The highest BCUT2D eigenvalue weighted by molar-refractivity contribution is 7.47. The number of hydrogen-bond donors (Lipinski definition) is 3. The molecule has 0 aliphatic carbocycles. The highest BCUT2D eigenvalue weighted by Gasteiger charge is 2.30. The predicted octanol–water partition coefficient (Wildman–Crippen LogP) is 21.7. The Morgan fingerprint density at radius 2 is 0.621 bits per heavy atom. The molecule has 0 spiro atoms. The van der Waals surface area contributed by atoms with Crippen LogP contribution in [0.5, 0.6) is 0 Å². The summed E-state index contributed by atoms with van der Waals surface area (Å²) in [7, 11) is -9.93. The summed E-state index contributed by atoms with van der Waals surface area (Å²) in [5.41, 5.74) is 0. The lowest BCUT2D eigenvalue weighted by atomic mass is 9.99. The molecule has 0 saturated carbocycles. The lowest BCUT2D eigenvalue weighted by molar-refractivity contribution is -0.161. The number of phosphoric ester groups is 2. The normalized spacial score (nSPS) is 14.5. The van der Waals surface area contributed by atoms with Crippen LogP contribution in [0, 0.1) is 17.8 Å². The van der Waals surface area contributed by atoms with Gasteiger partial charge in [-0.3, -0.25) is 37.3 Å². The first-order valence-electron chi connectivity index (χ1n) is 38.7. The molecule has 0 fully saturated rings. The molecule has 19 heteroatoms. The van der Waals surface area contributed by atoms with E-state index in [-0.39, 0.29) is 25.7 Å². The van der Waals surface area contributed by atoms with Gasteiger partial charge < -0.3 is 33.8 Å². The van der Waals surface area contributed by atoms with Crippen LogP contribution < -0.4 is 0 Å². The maximum absolute atomic E-state index is 13.1. The van der Waals surface area contributed by atoms with Crippen molar-refractivity contribution in [1.29, 1.82) is 0 Å². The topological polar surface area (TPSA) is 237 Å². The van der Waals surface area contributed by atoms with Crippen molar-refractivity contribution in [1.82, 2.24) is 0 Å². The summed E-state index contributed by atoms with van der Waals surface area (Å²) in [6.07, 6.45) is 54.8. The van der Waals surface area contributed by atoms with Crippen LogP contribution in [0.1, 0.15) is 363 Å². The van der Waals surface area contributed by atoms with E-state index < -0.39 is 97.5 Å². The Hall–Kier alpha value is -2.46. The molecular weight excluding hydrogens is 1250 g/mol. The van der Waals surface area contributed by atoms with Gasteiger partial charge in [0.05, 0.1) is 26.4 Å². The van der Waals surface area contributed by atoms with E-state index in [9.17, 15) is 43.2 Å². The second-order valence-electron chi connectivity index (χ2n) is 27.9. The first-order valence-corrected chi connectivity index (χ1v) is 41.7. The van der Waals surface area contributed by atoms with Gasteiger partial charge in [-0.05, 0) is 69.1 Å². The predicted molar refractivity (Wildman–Crippen MR) is 386 cm³/mol. The zero-order valence-electron chi connectivity index (χ0n) is 61.6. The molecule has 0 aliphatic heterocycles. The number of hydrogen-bond acceptors (Lipinski definition) is 15. The number of esters is 4. The Balaban J connectivity index is 5.31. The minimum absolute atomic E-state index is 0.0846. The van der Waals surface area contributed by atoms with E-state index in [1.54, 1.807) is 0 Å². The SMILES string of the molecule is CCCCCC/C=C\C=C/CCCCCCCC(=O)O[C@H](COC(=O)CCCCCCCCCCCCCC(C)C)COP(=O)(O)OC[C@@H](O)COP(=O)(O)OC[C@@H](COC(=O)CCCCCCCCCCC(C)CC)OC(=O)CCCCCCCCCCCCCC(C)C. The Morgan fingerprint density at radius 1 is 0.347 bits per heavy atom. The maximum atomic E-state index is 13.1. The van der Waals surface area contributed by atoms with Gasteiger partial charge in [0.1, 0.15) is 19.3 Å². The molecule has 6 atom stereocenters. The molecule has 0 aromatic heterocycles. The maximum Gasteiger partial charge on any atom is 0.472 e. The summed E-state index contributed by atoms with van der Waals surface area (Å²) < 4.78 is 68.5. The van der Waals surface area contributed by atoms with Gasteiger partial charge in [0.15, 0.2) is 12.2 Å². The van der Waals surface area contributed by atoms with E-state index in [0.29, 0.717) is 25.7 Å². The number of phosphoric acid groups is 2. The van der Waals surface area contributed by atoms with E-state index >= 15 is 0 Å². The fraction of sp³-hybridized carbons (Fsp3) is 0.895. The van der Waals surface area contributed by atoms with Crippen molar-refractivity contribution in [3.05, 3.63) is 24.3 Å². The van der Waals surface area contributed by atoms with Crippen molar-refractivity contribution in [2.75, 3.05) is 39.6 Å². The Kier molecular flexibility index (Phi) is 64.4. The van der Waals surface area contributed by atoms with Crippen LogP contribution in [0.3, 0.4) is 0 Å². The lowest BCUT2D eigenvalue weighted by Gasteiger charge is -2.21. The minimum Gasteiger partial charge on any atom is -0.462 e. The fourth-order valence-electron chi connectivity index (χ4n) is 11.0. The number of carbonyl (C=O) groups excluding carboxylic acids is 4. The van der Waals surface area contributed by atoms with Crippen LogP contribution in [0.4, 0.5) is 0 Å². The van der Waals surface area contributed by atoms with Crippen LogP contribution in [0.25, 0.3) is 0 Å². The van der Waals surface area contributed by atoms with E-state index in [4.69, 9.17) is 37.0 Å². The molecule has 560 valence electrons. The highest BCUT2D eigenvalue weighted by atomic mass is 31.2. The third kappa shape index (κ3) is 68.5. The van der Waals surface area contributed by atoms with Crippen molar-refractivity contribution in [3.63, 3.8) is 0 Å². The smallest absolute Gasteiger partial charge is 0.462 e. The monoisotopic (exact) mass is 1390 g/mol. The van der Waals surface area contributed by atoms with Crippen LogP contribution >= 0.6 is 15.6 Å². The Morgan fingerprint density at radius 3 is 0.937 bits per heavy atom. The molecule has 3 N–H and O–H groups in total. The van der Waals surface area contributed by atoms with E-state index in [2.05, 4.69) is 72.8 Å². The van der Waals surface area contributed by atoms with Crippen molar-refractivity contribution in [2.45, 2.75) is 381 Å². The second kappa shape index (κ2) is 66.1. The summed E-state index contributed by atoms with van der Waals surface area (Å²) in [4.78, 5) is 72.8. The van der Waals surface area contributed by atoms with Gasteiger partial charge >= 0.3 is 39.5 Å². The molecule has 95 heavy (non-hydrogen) atoms. The van der Waals surface area contributed by atoms with Gasteiger partial charge in [0.2, 0.25) is 0 Å². The first kappa shape index (κ1) is 92.5. The molecule has 0 bridgehead atoms. The van der Waals surface area contributed by atoms with Crippen LogP contribution in [0.15, 0.2) is 24.3 Å². The summed E-state index contributed by atoms with van der Waals surface area (Å²) in [5, 5.41) is 10.6. The van der Waals surface area contributed by atoms with Gasteiger partial charge in [-0.15, -0.1) is 0 Å². The van der Waals surface area contributed by atoms with E-state index in [1.807, 2.05) is 0 Å². The number of ether oxygens (including phenoxy) is 4. The highest BCUT2D eigenvalue weighted by Crippen LogP contribution is 2.45. The zero-order chi connectivity index (χ0) is 70.1. The molecule has 0 saturated heterocycles. The molecule has 0 aromatic carbocycles. The number of aliphatic hydroxyl groups excluding tert-OH is 1. The van der Waals surface area contributed by atoms with Gasteiger partial charge in [-0.1, -0.05) is 310 Å². The molecule has 0 aromatic rings. The van der Waals surface area contributed by atoms with Crippen LogP contribution in [-0.4, -0.2) is 96.7 Å². The van der Waals surface area contributed by atoms with Crippen molar-refractivity contribution in [2.24, 2.45) is 17.8 Å². The summed E-state index contributed by atoms with van der Waals surface area (Å²) in [5.74, 6) is 0.160. The van der Waals surface area contributed by atoms with Gasteiger partial charge in [-0.2, -0.15) is 0 Å².